The third kappa shape index (κ3) is 3.43. The van der Waals surface area contributed by atoms with Crippen LogP contribution in [0.5, 0.6) is 5.75 Å². The van der Waals surface area contributed by atoms with Gasteiger partial charge in [-0.3, -0.25) is 4.90 Å². The van der Waals surface area contributed by atoms with E-state index in [-0.39, 0.29) is 0 Å². The molecule has 0 saturated heterocycles. The number of ether oxygens (including phenoxy) is 1. The highest BCUT2D eigenvalue weighted by molar-refractivity contribution is 5.33. The third-order valence-electron chi connectivity index (χ3n) is 4.02. The summed E-state index contributed by atoms with van der Waals surface area (Å²) < 4.78 is 5.84. The van der Waals surface area contributed by atoms with E-state index in [9.17, 15) is 0 Å². The Morgan fingerprint density at radius 3 is 2.67 bits per heavy atom. The van der Waals surface area contributed by atoms with Crippen LogP contribution in [0.2, 0.25) is 0 Å². The van der Waals surface area contributed by atoms with Crippen molar-refractivity contribution in [3.63, 3.8) is 0 Å². The topological polar surface area (TPSA) is 24.5 Å². The molecule has 0 aliphatic carbocycles. The lowest BCUT2D eigenvalue weighted by atomic mass is 10.1. The van der Waals surface area contributed by atoms with Gasteiger partial charge in [0.05, 0.1) is 0 Å². The van der Waals surface area contributed by atoms with Gasteiger partial charge in [-0.15, -0.1) is 0 Å². The van der Waals surface area contributed by atoms with Gasteiger partial charge in [-0.05, 0) is 18.7 Å². The van der Waals surface area contributed by atoms with E-state index < -0.39 is 0 Å². The number of hydrogen-bond donors (Lipinski definition) is 1. The van der Waals surface area contributed by atoms with Gasteiger partial charge < -0.3 is 10.1 Å². The second kappa shape index (κ2) is 6.74. The molecule has 1 N–H and O–H groups in total. The molecule has 110 valence electrons. The zero-order valence-electron chi connectivity index (χ0n) is 12.5. The van der Waals surface area contributed by atoms with Crippen molar-refractivity contribution in [3.8, 4) is 5.75 Å². The van der Waals surface area contributed by atoms with Crippen molar-refractivity contribution in [2.24, 2.45) is 0 Å². The lowest BCUT2D eigenvalue weighted by Crippen LogP contribution is -2.34. The van der Waals surface area contributed by atoms with Gasteiger partial charge in [0.25, 0.3) is 0 Å². The van der Waals surface area contributed by atoms with Crippen LogP contribution in [0, 0.1) is 0 Å². The van der Waals surface area contributed by atoms with Crippen molar-refractivity contribution in [2.75, 3.05) is 26.7 Å². The van der Waals surface area contributed by atoms with Crippen LogP contribution >= 0.6 is 0 Å². The number of rotatable bonds is 4. The van der Waals surface area contributed by atoms with Crippen molar-refractivity contribution in [3.05, 3.63) is 65.7 Å². The maximum absolute atomic E-state index is 5.84. The van der Waals surface area contributed by atoms with Crippen molar-refractivity contribution in [1.82, 2.24) is 10.2 Å². The first kappa shape index (κ1) is 14.1. The van der Waals surface area contributed by atoms with Gasteiger partial charge in [0.2, 0.25) is 0 Å². The maximum atomic E-state index is 5.84. The number of nitrogens with zero attached hydrogens (tertiary/aromatic N) is 1. The Balaban J connectivity index is 1.72. The standard InChI is InChI=1S/C18H22N2O/c1-19-17(15-7-3-2-4-8-15)14-20-11-12-21-18-10-6-5-9-16(18)13-20/h2-10,17,19H,11-14H2,1H3. The Hall–Kier alpha value is -1.84. The predicted molar refractivity (Wildman–Crippen MR) is 85.5 cm³/mol. The van der Waals surface area contributed by atoms with Crippen LogP contribution in [0.3, 0.4) is 0 Å². The summed E-state index contributed by atoms with van der Waals surface area (Å²) in [6, 6.07) is 19.3. The van der Waals surface area contributed by atoms with Crippen molar-refractivity contribution < 1.29 is 4.74 Å². The molecule has 0 radical (unpaired) electrons. The SMILES string of the molecule is CNC(CN1CCOc2ccccc2C1)c1ccccc1. The molecule has 1 heterocycles. The molecule has 1 aliphatic heterocycles. The van der Waals surface area contributed by atoms with Gasteiger partial charge in [-0.25, -0.2) is 0 Å². The highest BCUT2D eigenvalue weighted by Gasteiger charge is 2.18. The van der Waals surface area contributed by atoms with Crippen LogP contribution in [0.15, 0.2) is 54.6 Å². The summed E-state index contributed by atoms with van der Waals surface area (Å²) in [4.78, 5) is 2.46. The Morgan fingerprint density at radius 1 is 1.10 bits per heavy atom. The second-order valence-corrected chi connectivity index (χ2v) is 5.44. The second-order valence-electron chi connectivity index (χ2n) is 5.44. The summed E-state index contributed by atoms with van der Waals surface area (Å²) in [6.45, 7) is 3.64. The van der Waals surface area contributed by atoms with E-state index in [4.69, 9.17) is 4.74 Å². The molecule has 1 aliphatic rings. The van der Waals surface area contributed by atoms with Crippen LogP contribution in [-0.2, 0) is 6.54 Å². The zero-order valence-corrected chi connectivity index (χ0v) is 12.5. The first-order valence-electron chi connectivity index (χ1n) is 7.52. The number of fused-ring (bicyclic) bond motifs is 1. The van der Waals surface area contributed by atoms with Crippen LogP contribution in [0.1, 0.15) is 17.2 Å². The lowest BCUT2D eigenvalue weighted by molar-refractivity contribution is 0.209. The van der Waals surface area contributed by atoms with Crippen LogP contribution < -0.4 is 10.1 Å². The third-order valence-corrected chi connectivity index (χ3v) is 4.02. The van der Waals surface area contributed by atoms with Gasteiger partial charge in [0.15, 0.2) is 0 Å². The summed E-state index contributed by atoms with van der Waals surface area (Å²) in [5, 5.41) is 3.43. The molecule has 3 nitrogen and oxygen atoms in total. The van der Waals surface area contributed by atoms with Gasteiger partial charge in [0.1, 0.15) is 12.4 Å². The van der Waals surface area contributed by atoms with Crippen LogP contribution in [-0.4, -0.2) is 31.6 Å². The molecule has 3 heteroatoms. The summed E-state index contributed by atoms with van der Waals surface area (Å²) in [5.41, 5.74) is 2.61. The molecular weight excluding hydrogens is 260 g/mol. The number of para-hydroxylation sites is 1. The number of benzene rings is 2. The smallest absolute Gasteiger partial charge is 0.123 e. The molecule has 0 aromatic heterocycles. The van der Waals surface area contributed by atoms with Crippen molar-refractivity contribution in [1.29, 1.82) is 0 Å². The first-order chi connectivity index (χ1) is 10.4. The normalized spacial score (nSPS) is 16.6. The Labute approximate surface area is 126 Å². The Morgan fingerprint density at radius 2 is 1.86 bits per heavy atom. The molecule has 0 bridgehead atoms. The molecular formula is C18H22N2O. The highest BCUT2D eigenvalue weighted by atomic mass is 16.5. The first-order valence-corrected chi connectivity index (χ1v) is 7.52. The molecule has 0 fully saturated rings. The molecule has 2 aromatic carbocycles. The van der Waals surface area contributed by atoms with Crippen LogP contribution in [0.25, 0.3) is 0 Å². The molecule has 1 atom stereocenters. The Kier molecular flexibility index (Phi) is 4.53. The monoisotopic (exact) mass is 282 g/mol. The average molecular weight is 282 g/mol. The molecule has 1 unspecified atom stereocenters. The van der Waals surface area contributed by atoms with Gasteiger partial charge in [0, 0.05) is 31.2 Å². The summed E-state index contributed by atoms with van der Waals surface area (Å²) in [5.74, 6) is 1.03. The van der Waals surface area contributed by atoms with E-state index >= 15 is 0 Å². The summed E-state index contributed by atoms with van der Waals surface area (Å²) >= 11 is 0. The molecule has 0 amide bonds. The maximum Gasteiger partial charge on any atom is 0.123 e. The largest absolute Gasteiger partial charge is 0.492 e. The number of hydrogen-bond acceptors (Lipinski definition) is 3. The minimum Gasteiger partial charge on any atom is -0.492 e. The molecule has 0 saturated carbocycles. The minimum atomic E-state index is 0.344. The van der Waals surface area contributed by atoms with E-state index in [0.717, 1.165) is 32.0 Å². The van der Waals surface area contributed by atoms with Gasteiger partial charge >= 0.3 is 0 Å². The minimum absolute atomic E-state index is 0.344. The number of likely N-dealkylation sites (N-methyl/N-ethyl adjacent to an activating group) is 1. The van der Waals surface area contributed by atoms with Gasteiger partial charge in [-0.1, -0.05) is 48.5 Å². The number of nitrogens with one attached hydrogen (secondary N) is 1. The fraction of sp³-hybridized carbons (Fsp3) is 0.333. The fourth-order valence-corrected chi connectivity index (χ4v) is 2.84. The molecule has 0 spiro atoms. The average Bonchev–Trinajstić information content (AvgIpc) is 2.75. The summed E-state index contributed by atoms with van der Waals surface area (Å²) in [7, 11) is 2.03. The van der Waals surface area contributed by atoms with Crippen LogP contribution in [0.4, 0.5) is 0 Å². The van der Waals surface area contributed by atoms with E-state index in [1.54, 1.807) is 0 Å². The zero-order chi connectivity index (χ0) is 14.5. The van der Waals surface area contributed by atoms with Crippen molar-refractivity contribution >= 4 is 0 Å². The highest BCUT2D eigenvalue weighted by Crippen LogP contribution is 2.24. The predicted octanol–water partition coefficient (Wildman–Crippen LogP) is 2.84. The lowest BCUT2D eigenvalue weighted by Gasteiger charge is -2.26. The summed E-state index contributed by atoms with van der Waals surface area (Å²) in [6.07, 6.45) is 0. The van der Waals surface area contributed by atoms with E-state index in [0.29, 0.717) is 6.04 Å². The molecule has 3 rings (SSSR count). The molecule has 2 aromatic rings. The van der Waals surface area contributed by atoms with Gasteiger partial charge in [-0.2, -0.15) is 0 Å². The van der Waals surface area contributed by atoms with E-state index in [1.807, 2.05) is 13.1 Å². The fourth-order valence-electron chi connectivity index (χ4n) is 2.84. The quantitative estimate of drug-likeness (QED) is 0.933. The molecule has 21 heavy (non-hydrogen) atoms. The van der Waals surface area contributed by atoms with E-state index in [2.05, 4.69) is 58.7 Å². The van der Waals surface area contributed by atoms with E-state index in [1.165, 1.54) is 11.1 Å². The Bertz CT molecular complexity index is 570. The van der Waals surface area contributed by atoms with Crippen molar-refractivity contribution in [2.45, 2.75) is 12.6 Å².